The van der Waals surface area contributed by atoms with Gasteiger partial charge in [-0.1, -0.05) is 19.9 Å². The topological polar surface area (TPSA) is 26.0 Å². The second kappa shape index (κ2) is 5.69. The van der Waals surface area contributed by atoms with Crippen LogP contribution < -0.4 is 5.73 Å². The molecule has 0 bridgehead atoms. The van der Waals surface area contributed by atoms with Gasteiger partial charge in [-0.3, -0.25) is 0 Å². The van der Waals surface area contributed by atoms with Gasteiger partial charge in [0.2, 0.25) is 0 Å². The van der Waals surface area contributed by atoms with E-state index in [9.17, 15) is 17.6 Å². The monoisotopic (exact) mass is 263 g/mol. The number of rotatable bonds is 4. The summed E-state index contributed by atoms with van der Waals surface area (Å²) in [5.74, 6) is -0.833. The number of hydrogen-bond donors (Lipinski definition) is 1. The lowest BCUT2D eigenvalue weighted by Gasteiger charge is -2.16. The molecule has 1 nitrogen and oxygen atoms in total. The average Bonchev–Trinajstić information content (AvgIpc) is 2.24. The van der Waals surface area contributed by atoms with Crippen molar-refractivity contribution >= 4 is 0 Å². The van der Waals surface area contributed by atoms with E-state index in [-0.39, 0.29) is 0 Å². The smallest absolute Gasteiger partial charge is 0.324 e. The lowest BCUT2D eigenvalue weighted by molar-refractivity contribution is -0.140. The summed E-state index contributed by atoms with van der Waals surface area (Å²) in [6.45, 7) is 4.02. The molecule has 0 amide bonds. The van der Waals surface area contributed by atoms with Crippen molar-refractivity contribution in [2.24, 2.45) is 11.7 Å². The Morgan fingerprint density at radius 1 is 1.17 bits per heavy atom. The van der Waals surface area contributed by atoms with E-state index in [1.165, 1.54) is 6.07 Å². The maximum absolute atomic E-state index is 13.1. The van der Waals surface area contributed by atoms with Gasteiger partial charge >= 0.3 is 6.18 Å². The predicted octanol–water partition coefficient (Wildman–Crippen LogP) is 4.28. The SMILES string of the molecule is CC(C)CC[C@@H](N)c1ccc(F)c(C(F)(F)F)c1. The van der Waals surface area contributed by atoms with Gasteiger partial charge in [-0.25, -0.2) is 4.39 Å². The molecule has 0 radical (unpaired) electrons. The van der Waals surface area contributed by atoms with Crippen molar-refractivity contribution in [3.63, 3.8) is 0 Å². The highest BCUT2D eigenvalue weighted by Gasteiger charge is 2.34. The number of hydrogen-bond acceptors (Lipinski definition) is 1. The van der Waals surface area contributed by atoms with E-state index >= 15 is 0 Å². The molecule has 102 valence electrons. The molecule has 0 aliphatic carbocycles. The maximum Gasteiger partial charge on any atom is 0.419 e. The molecule has 0 saturated carbocycles. The zero-order valence-electron chi connectivity index (χ0n) is 10.4. The second-order valence-electron chi connectivity index (χ2n) is 4.81. The van der Waals surface area contributed by atoms with Crippen LogP contribution in [0.5, 0.6) is 0 Å². The van der Waals surface area contributed by atoms with Crippen molar-refractivity contribution < 1.29 is 17.6 Å². The minimum absolute atomic E-state index is 0.323. The molecule has 0 fully saturated rings. The van der Waals surface area contributed by atoms with Gasteiger partial charge in [0.1, 0.15) is 5.82 Å². The first-order valence-corrected chi connectivity index (χ1v) is 5.84. The van der Waals surface area contributed by atoms with Gasteiger partial charge in [-0.2, -0.15) is 13.2 Å². The summed E-state index contributed by atoms with van der Waals surface area (Å²) in [5, 5.41) is 0. The van der Waals surface area contributed by atoms with Crippen molar-refractivity contribution in [2.75, 3.05) is 0 Å². The average molecular weight is 263 g/mol. The van der Waals surface area contributed by atoms with Crippen LogP contribution in [0.2, 0.25) is 0 Å². The highest BCUT2D eigenvalue weighted by atomic mass is 19.4. The van der Waals surface area contributed by atoms with Crippen LogP contribution in [-0.4, -0.2) is 0 Å². The third-order valence-electron chi connectivity index (χ3n) is 2.78. The van der Waals surface area contributed by atoms with E-state index in [0.29, 0.717) is 17.9 Å². The summed E-state index contributed by atoms with van der Waals surface area (Å²) < 4.78 is 50.7. The molecule has 18 heavy (non-hydrogen) atoms. The van der Waals surface area contributed by atoms with Crippen LogP contribution in [0.1, 0.15) is 43.9 Å². The molecule has 2 N–H and O–H groups in total. The van der Waals surface area contributed by atoms with Crippen LogP contribution in [0.25, 0.3) is 0 Å². The van der Waals surface area contributed by atoms with Crippen molar-refractivity contribution in [3.8, 4) is 0 Å². The lowest BCUT2D eigenvalue weighted by Crippen LogP contribution is -2.14. The molecule has 0 aliphatic heterocycles. The fourth-order valence-corrected chi connectivity index (χ4v) is 1.67. The number of benzene rings is 1. The van der Waals surface area contributed by atoms with Crippen LogP contribution in [0, 0.1) is 11.7 Å². The normalized spacial score (nSPS) is 14.0. The van der Waals surface area contributed by atoms with Gasteiger partial charge in [0, 0.05) is 6.04 Å². The van der Waals surface area contributed by atoms with Gasteiger partial charge in [0.15, 0.2) is 0 Å². The van der Waals surface area contributed by atoms with Gasteiger partial charge in [0.05, 0.1) is 5.56 Å². The largest absolute Gasteiger partial charge is 0.419 e. The van der Waals surface area contributed by atoms with E-state index in [2.05, 4.69) is 0 Å². The molecule has 0 spiro atoms. The second-order valence-corrected chi connectivity index (χ2v) is 4.81. The van der Waals surface area contributed by atoms with Crippen LogP contribution >= 0.6 is 0 Å². The Bertz CT molecular complexity index is 398. The third-order valence-corrected chi connectivity index (χ3v) is 2.78. The summed E-state index contributed by atoms with van der Waals surface area (Å²) in [4.78, 5) is 0. The van der Waals surface area contributed by atoms with E-state index < -0.39 is 23.6 Å². The fourth-order valence-electron chi connectivity index (χ4n) is 1.67. The zero-order chi connectivity index (χ0) is 13.9. The summed E-state index contributed by atoms with van der Waals surface area (Å²) in [5.41, 5.74) is 4.89. The zero-order valence-corrected chi connectivity index (χ0v) is 10.4. The molecular weight excluding hydrogens is 246 g/mol. The summed E-state index contributed by atoms with van der Waals surface area (Å²) >= 11 is 0. The first kappa shape index (κ1) is 15.0. The Morgan fingerprint density at radius 3 is 2.28 bits per heavy atom. The molecule has 5 heteroatoms. The van der Waals surface area contributed by atoms with Gasteiger partial charge in [0.25, 0.3) is 0 Å². The first-order chi connectivity index (χ1) is 8.21. The molecule has 0 saturated heterocycles. The molecule has 1 aromatic rings. The maximum atomic E-state index is 13.1. The van der Waals surface area contributed by atoms with Crippen molar-refractivity contribution in [1.82, 2.24) is 0 Å². The molecule has 1 atom stereocenters. The molecular formula is C13H17F4N. The van der Waals surface area contributed by atoms with Crippen molar-refractivity contribution in [2.45, 2.75) is 38.9 Å². The molecule has 0 aliphatic rings. The highest BCUT2D eigenvalue weighted by Crippen LogP contribution is 2.33. The molecule has 0 aromatic heterocycles. The number of halogens is 4. The van der Waals surface area contributed by atoms with E-state index in [0.717, 1.165) is 18.6 Å². The van der Waals surface area contributed by atoms with Gasteiger partial charge in [-0.15, -0.1) is 0 Å². The van der Waals surface area contributed by atoms with Gasteiger partial charge in [-0.05, 0) is 36.5 Å². The lowest BCUT2D eigenvalue weighted by atomic mass is 9.97. The Labute approximate surface area is 104 Å². The Hall–Kier alpha value is -1.10. The summed E-state index contributed by atoms with van der Waals surface area (Å²) in [6, 6.07) is 2.46. The van der Waals surface area contributed by atoms with Crippen LogP contribution in [0.4, 0.5) is 17.6 Å². The summed E-state index contributed by atoms with van der Waals surface area (Å²) in [6.07, 6.45) is -3.28. The molecule has 0 heterocycles. The quantitative estimate of drug-likeness (QED) is 0.806. The highest BCUT2D eigenvalue weighted by molar-refractivity contribution is 5.29. The first-order valence-electron chi connectivity index (χ1n) is 5.84. The number of alkyl halides is 3. The third kappa shape index (κ3) is 3.98. The van der Waals surface area contributed by atoms with E-state index in [1.54, 1.807) is 0 Å². The number of nitrogens with two attached hydrogens (primary N) is 1. The summed E-state index contributed by atoms with van der Waals surface area (Å²) in [7, 11) is 0. The standard InChI is InChI=1S/C13H17F4N/c1-8(2)3-6-12(18)9-4-5-11(14)10(7-9)13(15,16)17/h4-5,7-8,12H,3,6,18H2,1-2H3/t12-/m1/s1. The van der Waals surface area contributed by atoms with Crippen LogP contribution in [-0.2, 0) is 6.18 Å². The van der Waals surface area contributed by atoms with Crippen molar-refractivity contribution in [1.29, 1.82) is 0 Å². The molecule has 1 aromatic carbocycles. The molecule has 0 unspecified atom stereocenters. The minimum Gasteiger partial charge on any atom is -0.324 e. The Morgan fingerprint density at radius 2 is 1.78 bits per heavy atom. The predicted molar refractivity (Wildman–Crippen MR) is 62.4 cm³/mol. The van der Waals surface area contributed by atoms with Crippen LogP contribution in [0.15, 0.2) is 18.2 Å². The fraction of sp³-hybridized carbons (Fsp3) is 0.538. The minimum atomic E-state index is -4.68. The Kier molecular flexibility index (Phi) is 4.73. The van der Waals surface area contributed by atoms with Gasteiger partial charge < -0.3 is 5.73 Å². The molecule has 1 rings (SSSR count). The van der Waals surface area contributed by atoms with Crippen LogP contribution in [0.3, 0.4) is 0 Å². The Balaban J connectivity index is 2.91. The van der Waals surface area contributed by atoms with Crippen molar-refractivity contribution in [3.05, 3.63) is 35.1 Å². The van der Waals surface area contributed by atoms with E-state index in [4.69, 9.17) is 5.73 Å². The van der Waals surface area contributed by atoms with E-state index in [1.807, 2.05) is 13.8 Å².